The van der Waals surface area contributed by atoms with Gasteiger partial charge in [-0.15, -0.1) is 5.10 Å². The topological polar surface area (TPSA) is 145 Å². The molecule has 246 valence electrons. The lowest BCUT2D eigenvalue weighted by atomic mass is 10.1. The molecule has 7 aromatic rings. The minimum absolute atomic E-state index is 0.271. The number of carbonyl (C=O) groups is 3. The zero-order valence-electron chi connectivity index (χ0n) is 26.2. The molecule has 12 nitrogen and oxygen atoms in total. The number of hydrogen-bond donors (Lipinski definition) is 0. The van der Waals surface area contributed by atoms with Crippen LogP contribution in [0, 0.1) is 0 Å². The van der Waals surface area contributed by atoms with Gasteiger partial charge in [-0.2, -0.15) is 0 Å². The summed E-state index contributed by atoms with van der Waals surface area (Å²) in [5.41, 5.74) is 4.49. The number of para-hydroxylation sites is 2. The van der Waals surface area contributed by atoms with Gasteiger partial charge in [-0.25, -0.2) is 29.0 Å². The zero-order valence-corrected chi connectivity index (χ0v) is 26.2. The van der Waals surface area contributed by atoms with Crippen LogP contribution >= 0.6 is 0 Å². The Morgan fingerprint density at radius 1 is 0.580 bits per heavy atom. The molecule has 0 saturated carbocycles. The van der Waals surface area contributed by atoms with Crippen molar-refractivity contribution in [3.8, 4) is 0 Å². The van der Waals surface area contributed by atoms with Gasteiger partial charge in [0.2, 0.25) is 0 Å². The lowest BCUT2D eigenvalue weighted by Gasteiger charge is -2.24. The molecule has 0 radical (unpaired) electrons. The first-order valence-electron chi connectivity index (χ1n) is 15.8. The number of fused-ring (bicyclic) bond motifs is 3. The summed E-state index contributed by atoms with van der Waals surface area (Å²) in [6.07, 6.45) is -4.71. The van der Waals surface area contributed by atoms with E-state index in [1.807, 2.05) is 24.3 Å². The standard InChI is InChI=1S/C38H27N5O7/c44-36(23-12-4-1-5-13-23)47-22-32-33(49-37(45)24-14-6-2-7-15-24)34(50-38(46)25-16-8-3-9-17-25)35(48-32)43-31-21-29-28(20-30(31)41-42-43)39-26-18-10-11-19-27(26)40-29/h1-21,32-35H,22H2/t32-,33-,34-,35-/m1/s1. The maximum absolute atomic E-state index is 13.6. The van der Waals surface area contributed by atoms with Gasteiger partial charge < -0.3 is 18.9 Å². The molecule has 2 aromatic heterocycles. The smallest absolute Gasteiger partial charge is 0.338 e. The van der Waals surface area contributed by atoms with Gasteiger partial charge in [-0.3, -0.25) is 0 Å². The fraction of sp³-hybridized carbons (Fsp3) is 0.132. The van der Waals surface area contributed by atoms with E-state index in [0.717, 1.165) is 5.52 Å². The molecule has 0 bridgehead atoms. The summed E-state index contributed by atoms with van der Waals surface area (Å²) in [4.78, 5) is 49.6. The van der Waals surface area contributed by atoms with Crippen molar-refractivity contribution >= 4 is 51.0 Å². The van der Waals surface area contributed by atoms with Crippen molar-refractivity contribution in [2.24, 2.45) is 0 Å². The molecule has 0 spiro atoms. The van der Waals surface area contributed by atoms with E-state index in [1.165, 1.54) is 4.68 Å². The van der Waals surface area contributed by atoms with Gasteiger partial charge in [0.15, 0.2) is 18.4 Å². The third kappa shape index (κ3) is 5.99. The van der Waals surface area contributed by atoms with Crippen LogP contribution in [0.4, 0.5) is 0 Å². The number of rotatable bonds is 8. The second kappa shape index (κ2) is 13.2. The maximum Gasteiger partial charge on any atom is 0.338 e. The van der Waals surface area contributed by atoms with E-state index in [0.29, 0.717) is 33.1 Å². The number of carbonyl (C=O) groups excluding carboxylic acids is 3. The number of aromatic nitrogens is 5. The first-order chi connectivity index (χ1) is 24.5. The van der Waals surface area contributed by atoms with E-state index >= 15 is 0 Å². The Bertz CT molecular complexity index is 2350. The number of esters is 3. The van der Waals surface area contributed by atoms with Crippen molar-refractivity contribution in [3.63, 3.8) is 0 Å². The second-order valence-electron chi connectivity index (χ2n) is 11.6. The number of ether oxygens (including phenoxy) is 4. The van der Waals surface area contributed by atoms with Gasteiger partial charge in [0.1, 0.15) is 18.2 Å². The van der Waals surface area contributed by atoms with E-state index in [1.54, 1.807) is 103 Å². The summed E-state index contributed by atoms with van der Waals surface area (Å²) < 4.78 is 25.7. The fourth-order valence-electron chi connectivity index (χ4n) is 5.90. The monoisotopic (exact) mass is 665 g/mol. The van der Waals surface area contributed by atoms with Crippen LogP contribution in [0.15, 0.2) is 127 Å². The molecule has 1 aliphatic rings. The molecule has 12 heteroatoms. The lowest BCUT2D eigenvalue weighted by Crippen LogP contribution is -2.41. The first kappa shape index (κ1) is 30.8. The minimum atomic E-state index is -1.25. The van der Waals surface area contributed by atoms with Crippen molar-refractivity contribution in [2.45, 2.75) is 24.5 Å². The Hall–Kier alpha value is -6.53. The van der Waals surface area contributed by atoms with E-state index in [-0.39, 0.29) is 17.7 Å². The number of nitrogens with zero attached hydrogens (tertiary/aromatic N) is 5. The molecule has 1 saturated heterocycles. The molecule has 1 aliphatic heterocycles. The predicted octanol–water partition coefficient (Wildman–Crippen LogP) is 5.73. The molecular weight excluding hydrogens is 638 g/mol. The van der Waals surface area contributed by atoms with Crippen molar-refractivity contribution < 1.29 is 33.3 Å². The van der Waals surface area contributed by atoms with E-state index in [9.17, 15) is 14.4 Å². The van der Waals surface area contributed by atoms with E-state index < -0.39 is 42.4 Å². The van der Waals surface area contributed by atoms with Gasteiger partial charge in [0.25, 0.3) is 0 Å². The average Bonchev–Trinajstić information content (AvgIpc) is 3.72. The zero-order chi connectivity index (χ0) is 34.0. The molecule has 3 heterocycles. The van der Waals surface area contributed by atoms with E-state index in [4.69, 9.17) is 28.9 Å². The number of benzene rings is 5. The van der Waals surface area contributed by atoms with Gasteiger partial charge in [0.05, 0.1) is 44.3 Å². The van der Waals surface area contributed by atoms with Crippen LogP contribution in [0.1, 0.15) is 37.3 Å². The molecule has 0 amide bonds. The molecule has 0 aliphatic carbocycles. The summed E-state index contributed by atoms with van der Waals surface area (Å²) >= 11 is 0. The molecule has 5 aromatic carbocycles. The predicted molar refractivity (Wildman–Crippen MR) is 180 cm³/mol. The van der Waals surface area contributed by atoms with Crippen LogP contribution in [-0.4, -0.2) is 67.8 Å². The maximum atomic E-state index is 13.6. The Morgan fingerprint density at radius 3 is 1.66 bits per heavy atom. The summed E-state index contributed by atoms with van der Waals surface area (Å²) in [6.45, 7) is -0.330. The number of hydrogen-bond acceptors (Lipinski definition) is 11. The second-order valence-corrected chi connectivity index (χ2v) is 11.6. The molecule has 8 rings (SSSR count). The highest BCUT2D eigenvalue weighted by Crippen LogP contribution is 2.37. The Labute approximate surface area is 284 Å². The fourth-order valence-corrected chi connectivity index (χ4v) is 5.90. The Balaban J connectivity index is 1.20. The van der Waals surface area contributed by atoms with Crippen molar-refractivity contribution in [1.29, 1.82) is 0 Å². The molecule has 0 N–H and O–H groups in total. The highest BCUT2D eigenvalue weighted by molar-refractivity contribution is 5.95. The Morgan fingerprint density at radius 2 is 1.08 bits per heavy atom. The highest BCUT2D eigenvalue weighted by Gasteiger charge is 2.52. The summed E-state index contributed by atoms with van der Waals surface area (Å²) in [5, 5.41) is 8.77. The van der Waals surface area contributed by atoms with Crippen LogP contribution in [-0.2, 0) is 18.9 Å². The summed E-state index contributed by atoms with van der Waals surface area (Å²) in [7, 11) is 0. The molecule has 4 atom stereocenters. The third-order valence-electron chi connectivity index (χ3n) is 8.35. The van der Waals surface area contributed by atoms with Crippen molar-refractivity contribution in [2.75, 3.05) is 6.61 Å². The van der Waals surface area contributed by atoms with Crippen LogP contribution in [0.25, 0.3) is 33.1 Å². The summed E-state index contributed by atoms with van der Waals surface area (Å²) in [6, 6.07) is 36.3. The van der Waals surface area contributed by atoms with Crippen molar-refractivity contribution in [1.82, 2.24) is 25.0 Å². The summed E-state index contributed by atoms with van der Waals surface area (Å²) in [5.74, 6) is -1.97. The lowest BCUT2D eigenvalue weighted by molar-refractivity contribution is -0.0659. The largest absolute Gasteiger partial charge is 0.459 e. The van der Waals surface area contributed by atoms with Crippen molar-refractivity contribution in [3.05, 3.63) is 144 Å². The normalized spacial score (nSPS) is 18.6. The SMILES string of the molecule is O=C(OC[C@H]1O[C@@H](n2nnc3cc4nc5ccccc5nc4cc32)[C@H](OC(=O)c2ccccc2)[C@@H]1OC(=O)c1ccccc1)c1ccccc1. The van der Waals surface area contributed by atoms with Crippen LogP contribution in [0.5, 0.6) is 0 Å². The molecular formula is C38H27N5O7. The highest BCUT2D eigenvalue weighted by atomic mass is 16.7. The molecule has 50 heavy (non-hydrogen) atoms. The molecule has 1 fully saturated rings. The van der Waals surface area contributed by atoms with Crippen LogP contribution in [0.3, 0.4) is 0 Å². The third-order valence-corrected chi connectivity index (χ3v) is 8.35. The Kier molecular flexibility index (Phi) is 8.11. The quantitative estimate of drug-likeness (QED) is 0.111. The van der Waals surface area contributed by atoms with Gasteiger partial charge in [0, 0.05) is 0 Å². The minimum Gasteiger partial charge on any atom is -0.459 e. The van der Waals surface area contributed by atoms with Gasteiger partial charge >= 0.3 is 17.9 Å². The van der Waals surface area contributed by atoms with E-state index in [2.05, 4.69) is 10.3 Å². The molecule has 0 unspecified atom stereocenters. The van der Waals surface area contributed by atoms with Gasteiger partial charge in [-0.05, 0) is 60.7 Å². The van der Waals surface area contributed by atoms with Gasteiger partial charge in [-0.1, -0.05) is 71.9 Å². The van der Waals surface area contributed by atoms with Crippen LogP contribution in [0.2, 0.25) is 0 Å². The average molecular weight is 666 g/mol. The van der Waals surface area contributed by atoms with Crippen LogP contribution < -0.4 is 0 Å². The first-order valence-corrected chi connectivity index (χ1v) is 15.8.